The van der Waals surface area contributed by atoms with Crippen molar-refractivity contribution >= 4 is 29.0 Å². The quantitative estimate of drug-likeness (QED) is 0.571. The number of carbonyl (C=O) groups excluding carboxylic acids is 2. The third-order valence-corrected chi connectivity index (χ3v) is 6.92. The molecule has 0 aliphatic carbocycles. The van der Waals surface area contributed by atoms with Crippen molar-refractivity contribution in [1.82, 2.24) is 14.9 Å². The van der Waals surface area contributed by atoms with Crippen LogP contribution in [0.5, 0.6) is 5.75 Å². The lowest BCUT2D eigenvalue weighted by atomic mass is 9.95. The van der Waals surface area contributed by atoms with Crippen molar-refractivity contribution in [3.05, 3.63) is 58.7 Å². The molecule has 3 heterocycles. The molecule has 172 valence electrons. The molecule has 0 bridgehead atoms. The standard InChI is InChI=1S/C25H28N4O3S/c1-4-32-20-7-5-19(6-8-20)24-27-17(3)22(33-24)25(31)29-13-10-18(11-14-29)23(30)28-21-15-16(2)9-12-26-21/h5-9,12,15,18H,4,10-11,13-14H2,1-3H3,(H,26,28,30). The molecule has 33 heavy (non-hydrogen) atoms. The van der Waals surface area contributed by atoms with Crippen LogP contribution in [0.25, 0.3) is 10.6 Å². The predicted molar refractivity (Wildman–Crippen MR) is 130 cm³/mol. The van der Waals surface area contributed by atoms with Crippen LogP contribution in [0, 0.1) is 19.8 Å². The van der Waals surface area contributed by atoms with Gasteiger partial charge in [-0.3, -0.25) is 9.59 Å². The van der Waals surface area contributed by atoms with E-state index in [-0.39, 0.29) is 17.7 Å². The number of amides is 2. The number of ether oxygens (including phenoxy) is 1. The lowest BCUT2D eigenvalue weighted by Gasteiger charge is -2.31. The summed E-state index contributed by atoms with van der Waals surface area (Å²) in [6.45, 7) is 7.50. The van der Waals surface area contributed by atoms with E-state index in [9.17, 15) is 9.59 Å². The molecule has 7 nitrogen and oxygen atoms in total. The number of thiazole rings is 1. The van der Waals surface area contributed by atoms with Gasteiger partial charge in [-0.25, -0.2) is 9.97 Å². The molecule has 0 radical (unpaired) electrons. The average Bonchev–Trinajstić information content (AvgIpc) is 3.21. The van der Waals surface area contributed by atoms with Gasteiger partial charge in [-0.15, -0.1) is 11.3 Å². The summed E-state index contributed by atoms with van der Waals surface area (Å²) in [6, 6.07) is 11.5. The maximum Gasteiger partial charge on any atom is 0.265 e. The summed E-state index contributed by atoms with van der Waals surface area (Å²) < 4.78 is 5.50. The normalized spacial score (nSPS) is 14.2. The summed E-state index contributed by atoms with van der Waals surface area (Å²) in [5.74, 6) is 1.21. The first-order chi connectivity index (χ1) is 15.9. The number of hydrogen-bond acceptors (Lipinski definition) is 6. The fourth-order valence-corrected chi connectivity index (χ4v) is 4.94. The van der Waals surface area contributed by atoms with Crippen molar-refractivity contribution in [3.63, 3.8) is 0 Å². The third kappa shape index (κ3) is 5.39. The second-order valence-electron chi connectivity index (χ2n) is 8.17. The lowest BCUT2D eigenvalue weighted by Crippen LogP contribution is -2.41. The highest BCUT2D eigenvalue weighted by atomic mass is 32.1. The van der Waals surface area contributed by atoms with Gasteiger partial charge < -0.3 is 15.0 Å². The van der Waals surface area contributed by atoms with E-state index in [1.54, 1.807) is 6.20 Å². The summed E-state index contributed by atoms with van der Waals surface area (Å²) in [7, 11) is 0. The monoisotopic (exact) mass is 464 g/mol. The fraction of sp³-hybridized carbons (Fsp3) is 0.360. The molecule has 2 amide bonds. The Morgan fingerprint density at radius 1 is 1.15 bits per heavy atom. The Kier molecular flexibility index (Phi) is 7.03. The fourth-order valence-electron chi connectivity index (χ4n) is 3.90. The summed E-state index contributed by atoms with van der Waals surface area (Å²) in [5.41, 5.74) is 2.75. The number of anilines is 1. The molecule has 1 N–H and O–H groups in total. The highest BCUT2D eigenvalue weighted by Gasteiger charge is 2.30. The molecule has 1 saturated heterocycles. The molecular formula is C25H28N4O3S. The Bertz CT molecular complexity index is 1130. The van der Waals surface area contributed by atoms with Crippen LogP contribution in [0.1, 0.15) is 40.7 Å². The summed E-state index contributed by atoms with van der Waals surface area (Å²) in [4.78, 5) is 37.1. The average molecular weight is 465 g/mol. The highest BCUT2D eigenvalue weighted by molar-refractivity contribution is 7.17. The van der Waals surface area contributed by atoms with Gasteiger partial charge in [0.2, 0.25) is 5.91 Å². The number of piperidine rings is 1. The Labute approximate surface area is 197 Å². The Balaban J connectivity index is 1.37. The minimum atomic E-state index is -0.127. The van der Waals surface area contributed by atoms with Crippen molar-refractivity contribution < 1.29 is 14.3 Å². The second kappa shape index (κ2) is 10.1. The molecule has 1 aliphatic heterocycles. The molecule has 0 unspecified atom stereocenters. The van der Waals surface area contributed by atoms with E-state index in [1.165, 1.54) is 11.3 Å². The molecule has 0 spiro atoms. The van der Waals surface area contributed by atoms with E-state index < -0.39 is 0 Å². The van der Waals surface area contributed by atoms with E-state index >= 15 is 0 Å². The zero-order valence-electron chi connectivity index (χ0n) is 19.1. The molecule has 0 atom stereocenters. The molecule has 2 aromatic heterocycles. The zero-order valence-corrected chi connectivity index (χ0v) is 19.9. The van der Waals surface area contributed by atoms with Crippen LogP contribution in [-0.2, 0) is 4.79 Å². The van der Waals surface area contributed by atoms with Crippen molar-refractivity contribution in [2.75, 3.05) is 25.0 Å². The third-order valence-electron chi connectivity index (χ3n) is 5.72. The number of benzene rings is 1. The first kappa shape index (κ1) is 22.9. The minimum absolute atomic E-state index is 0.0126. The number of likely N-dealkylation sites (tertiary alicyclic amines) is 1. The van der Waals surface area contributed by atoms with Crippen molar-refractivity contribution in [2.24, 2.45) is 5.92 Å². The Hall–Kier alpha value is -3.26. The highest BCUT2D eigenvalue weighted by Crippen LogP contribution is 2.31. The van der Waals surface area contributed by atoms with Crippen LogP contribution in [-0.4, -0.2) is 46.4 Å². The van der Waals surface area contributed by atoms with Gasteiger partial charge in [0, 0.05) is 30.8 Å². The molecule has 1 aliphatic rings. The second-order valence-corrected chi connectivity index (χ2v) is 9.16. The first-order valence-corrected chi connectivity index (χ1v) is 12.0. The van der Waals surface area contributed by atoms with Crippen molar-refractivity contribution in [2.45, 2.75) is 33.6 Å². The van der Waals surface area contributed by atoms with Crippen LogP contribution in [0.2, 0.25) is 0 Å². The van der Waals surface area contributed by atoms with Crippen molar-refractivity contribution in [1.29, 1.82) is 0 Å². The van der Waals surface area contributed by atoms with E-state index in [0.717, 1.165) is 27.6 Å². The smallest absolute Gasteiger partial charge is 0.265 e. The zero-order chi connectivity index (χ0) is 23.4. The Morgan fingerprint density at radius 3 is 2.55 bits per heavy atom. The first-order valence-electron chi connectivity index (χ1n) is 11.2. The summed E-state index contributed by atoms with van der Waals surface area (Å²) in [6.07, 6.45) is 2.95. The van der Waals surface area contributed by atoms with E-state index in [0.29, 0.717) is 43.2 Å². The van der Waals surface area contributed by atoms with Gasteiger partial charge >= 0.3 is 0 Å². The van der Waals surface area contributed by atoms with Gasteiger partial charge in [-0.2, -0.15) is 0 Å². The number of nitrogens with zero attached hydrogens (tertiary/aromatic N) is 3. The largest absolute Gasteiger partial charge is 0.494 e. The number of nitrogens with one attached hydrogen (secondary N) is 1. The topological polar surface area (TPSA) is 84.4 Å². The number of rotatable bonds is 6. The van der Waals surface area contributed by atoms with E-state index in [1.807, 2.05) is 62.1 Å². The van der Waals surface area contributed by atoms with Gasteiger partial charge in [-0.1, -0.05) is 0 Å². The van der Waals surface area contributed by atoms with Crippen LogP contribution >= 0.6 is 11.3 Å². The molecular weight excluding hydrogens is 436 g/mol. The summed E-state index contributed by atoms with van der Waals surface area (Å²) >= 11 is 1.41. The SMILES string of the molecule is CCOc1ccc(-c2nc(C)c(C(=O)N3CCC(C(=O)Nc4cc(C)ccn4)CC3)s2)cc1. The Morgan fingerprint density at radius 2 is 1.88 bits per heavy atom. The van der Waals surface area contributed by atoms with E-state index in [2.05, 4.69) is 15.3 Å². The molecule has 0 saturated carbocycles. The number of carbonyl (C=O) groups is 2. The molecule has 1 aromatic carbocycles. The van der Waals surface area contributed by atoms with Gasteiger partial charge in [0.25, 0.3) is 5.91 Å². The van der Waals surface area contributed by atoms with Crippen LogP contribution in [0.15, 0.2) is 42.6 Å². The number of hydrogen-bond donors (Lipinski definition) is 1. The van der Waals surface area contributed by atoms with Crippen LogP contribution in [0.3, 0.4) is 0 Å². The number of aryl methyl sites for hydroxylation is 2. The van der Waals surface area contributed by atoms with E-state index in [4.69, 9.17) is 4.74 Å². The lowest BCUT2D eigenvalue weighted by molar-refractivity contribution is -0.121. The van der Waals surface area contributed by atoms with Crippen molar-refractivity contribution in [3.8, 4) is 16.3 Å². The van der Waals surface area contributed by atoms with Gasteiger partial charge in [0.1, 0.15) is 21.5 Å². The molecule has 3 aromatic rings. The van der Waals surface area contributed by atoms with Crippen LogP contribution in [0.4, 0.5) is 5.82 Å². The maximum atomic E-state index is 13.2. The van der Waals surface area contributed by atoms with Gasteiger partial charge in [0.05, 0.1) is 12.3 Å². The van der Waals surface area contributed by atoms with Crippen LogP contribution < -0.4 is 10.1 Å². The number of aromatic nitrogens is 2. The van der Waals surface area contributed by atoms with Gasteiger partial charge in [0.15, 0.2) is 0 Å². The minimum Gasteiger partial charge on any atom is -0.494 e. The molecule has 1 fully saturated rings. The summed E-state index contributed by atoms with van der Waals surface area (Å²) in [5, 5.41) is 3.72. The van der Waals surface area contributed by atoms with Gasteiger partial charge in [-0.05, 0) is 75.6 Å². The predicted octanol–water partition coefficient (Wildman–Crippen LogP) is 4.71. The number of pyridine rings is 1. The maximum absolute atomic E-state index is 13.2. The molecule has 4 rings (SSSR count). The molecule has 8 heteroatoms.